The normalized spacial score (nSPS) is 10.9. The van der Waals surface area contributed by atoms with Crippen molar-refractivity contribution in [3.63, 3.8) is 0 Å². The third-order valence-electron chi connectivity index (χ3n) is 4.89. The Bertz CT molecular complexity index is 1360. The standard InChI is InChI=1S/C25H18N2O3/c28-25-22-12-11-21(13-24(22)30-17-23(25)19-7-3-1-4-8-19)29-16-18-14-26-27(15-18)20-9-5-2-6-10-20/h1-15,17H,16H2. The van der Waals surface area contributed by atoms with E-state index in [4.69, 9.17) is 9.15 Å². The highest BCUT2D eigenvalue weighted by Gasteiger charge is 2.10. The molecular weight excluding hydrogens is 376 g/mol. The fraction of sp³-hybridized carbons (Fsp3) is 0.0400. The number of hydrogen-bond acceptors (Lipinski definition) is 4. The summed E-state index contributed by atoms with van der Waals surface area (Å²) in [5.74, 6) is 0.630. The molecule has 0 spiro atoms. The zero-order chi connectivity index (χ0) is 20.3. The molecule has 0 unspecified atom stereocenters. The second-order valence-corrected chi connectivity index (χ2v) is 6.92. The molecule has 0 fully saturated rings. The van der Waals surface area contributed by atoms with Crippen LogP contribution in [0.5, 0.6) is 5.75 Å². The van der Waals surface area contributed by atoms with Crippen molar-refractivity contribution < 1.29 is 9.15 Å². The highest BCUT2D eigenvalue weighted by Crippen LogP contribution is 2.23. The van der Waals surface area contributed by atoms with Crippen LogP contribution in [0.25, 0.3) is 27.8 Å². The maximum absolute atomic E-state index is 12.8. The van der Waals surface area contributed by atoms with Crippen molar-refractivity contribution in [3.8, 4) is 22.6 Å². The van der Waals surface area contributed by atoms with Gasteiger partial charge >= 0.3 is 0 Å². The van der Waals surface area contributed by atoms with E-state index in [0.29, 0.717) is 28.9 Å². The van der Waals surface area contributed by atoms with E-state index in [0.717, 1.165) is 16.8 Å². The third-order valence-corrected chi connectivity index (χ3v) is 4.89. The van der Waals surface area contributed by atoms with Crippen LogP contribution in [0, 0.1) is 0 Å². The van der Waals surface area contributed by atoms with Gasteiger partial charge in [-0.2, -0.15) is 5.10 Å². The maximum Gasteiger partial charge on any atom is 0.200 e. The van der Waals surface area contributed by atoms with Gasteiger partial charge in [0, 0.05) is 17.8 Å². The molecule has 0 bridgehead atoms. The van der Waals surface area contributed by atoms with Gasteiger partial charge in [-0.25, -0.2) is 4.68 Å². The lowest BCUT2D eigenvalue weighted by molar-refractivity contribution is 0.306. The van der Waals surface area contributed by atoms with Gasteiger partial charge in [-0.1, -0.05) is 48.5 Å². The Balaban J connectivity index is 1.36. The molecule has 0 radical (unpaired) electrons. The largest absolute Gasteiger partial charge is 0.489 e. The van der Waals surface area contributed by atoms with Gasteiger partial charge in [0.05, 0.1) is 22.8 Å². The first-order valence-corrected chi connectivity index (χ1v) is 9.61. The van der Waals surface area contributed by atoms with Gasteiger partial charge in [-0.3, -0.25) is 4.79 Å². The molecule has 0 N–H and O–H groups in total. The molecule has 0 aliphatic carbocycles. The Kier molecular flexibility index (Phi) is 4.62. The Morgan fingerprint density at radius 1 is 0.933 bits per heavy atom. The predicted octanol–water partition coefficient (Wildman–Crippen LogP) is 5.22. The molecule has 2 aromatic heterocycles. The molecule has 5 heteroatoms. The van der Waals surface area contributed by atoms with Crippen LogP contribution in [-0.4, -0.2) is 9.78 Å². The fourth-order valence-electron chi connectivity index (χ4n) is 3.34. The lowest BCUT2D eigenvalue weighted by Gasteiger charge is -2.07. The first-order valence-electron chi connectivity index (χ1n) is 9.61. The van der Waals surface area contributed by atoms with Crippen molar-refractivity contribution in [3.05, 3.63) is 113 Å². The van der Waals surface area contributed by atoms with E-state index in [1.165, 1.54) is 6.26 Å². The summed E-state index contributed by atoms with van der Waals surface area (Å²) in [7, 11) is 0. The minimum Gasteiger partial charge on any atom is -0.489 e. The van der Waals surface area contributed by atoms with Gasteiger partial charge in [-0.15, -0.1) is 0 Å². The Morgan fingerprint density at radius 3 is 2.50 bits per heavy atom. The number of fused-ring (bicyclic) bond motifs is 1. The van der Waals surface area contributed by atoms with Crippen LogP contribution in [0.15, 0.2) is 107 Å². The van der Waals surface area contributed by atoms with E-state index in [-0.39, 0.29) is 5.43 Å². The fourth-order valence-corrected chi connectivity index (χ4v) is 3.34. The van der Waals surface area contributed by atoms with E-state index in [1.54, 1.807) is 24.4 Å². The van der Waals surface area contributed by atoms with Crippen molar-refractivity contribution in [1.82, 2.24) is 9.78 Å². The molecule has 2 heterocycles. The van der Waals surface area contributed by atoms with Crippen LogP contribution in [-0.2, 0) is 6.61 Å². The van der Waals surface area contributed by atoms with Crippen LogP contribution in [0.2, 0.25) is 0 Å². The summed E-state index contributed by atoms with van der Waals surface area (Å²) in [5.41, 5.74) is 3.76. The number of nitrogens with zero attached hydrogens (tertiary/aromatic N) is 2. The van der Waals surface area contributed by atoms with Crippen LogP contribution in [0.1, 0.15) is 5.56 Å². The lowest BCUT2D eigenvalue weighted by Crippen LogP contribution is -2.05. The molecule has 0 aliphatic rings. The SMILES string of the molecule is O=c1c(-c2ccccc2)coc2cc(OCc3cnn(-c4ccccc4)c3)ccc12. The average Bonchev–Trinajstić information content (AvgIpc) is 3.28. The van der Waals surface area contributed by atoms with Crippen molar-refractivity contribution in [2.45, 2.75) is 6.61 Å². The second kappa shape index (κ2) is 7.72. The summed E-state index contributed by atoms with van der Waals surface area (Å²) in [4.78, 5) is 12.8. The topological polar surface area (TPSA) is 57.3 Å². The highest BCUT2D eigenvalue weighted by molar-refractivity contribution is 5.82. The van der Waals surface area contributed by atoms with Gasteiger partial charge in [-0.05, 0) is 29.8 Å². The molecule has 0 aliphatic heterocycles. The van der Waals surface area contributed by atoms with Crippen LogP contribution < -0.4 is 10.2 Å². The summed E-state index contributed by atoms with van der Waals surface area (Å²) in [6, 6.07) is 24.7. The quantitative estimate of drug-likeness (QED) is 0.410. The minimum atomic E-state index is -0.0573. The first kappa shape index (κ1) is 17.9. The zero-order valence-electron chi connectivity index (χ0n) is 16.1. The molecule has 146 valence electrons. The Hall–Kier alpha value is -4.12. The second-order valence-electron chi connectivity index (χ2n) is 6.92. The van der Waals surface area contributed by atoms with Crippen molar-refractivity contribution in [1.29, 1.82) is 0 Å². The molecule has 0 atom stereocenters. The number of aromatic nitrogens is 2. The number of para-hydroxylation sites is 1. The van der Waals surface area contributed by atoms with Gasteiger partial charge in [0.2, 0.25) is 0 Å². The number of benzene rings is 3. The van der Waals surface area contributed by atoms with Gasteiger partial charge < -0.3 is 9.15 Å². The van der Waals surface area contributed by atoms with Crippen molar-refractivity contribution in [2.24, 2.45) is 0 Å². The predicted molar refractivity (Wildman–Crippen MR) is 116 cm³/mol. The molecule has 5 rings (SSSR count). The van der Waals surface area contributed by atoms with Crippen molar-refractivity contribution in [2.75, 3.05) is 0 Å². The van der Waals surface area contributed by atoms with E-state index < -0.39 is 0 Å². The van der Waals surface area contributed by atoms with E-state index >= 15 is 0 Å². The molecule has 3 aromatic carbocycles. The summed E-state index contributed by atoms with van der Waals surface area (Å²) in [6.45, 7) is 0.366. The van der Waals surface area contributed by atoms with Gasteiger partial charge in [0.15, 0.2) is 5.43 Å². The molecule has 0 amide bonds. The van der Waals surface area contributed by atoms with Crippen LogP contribution >= 0.6 is 0 Å². The summed E-state index contributed by atoms with van der Waals surface area (Å²) in [6.07, 6.45) is 5.22. The monoisotopic (exact) mass is 394 g/mol. The summed E-state index contributed by atoms with van der Waals surface area (Å²) >= 11 is 0. The molecule has 5 nitrogen and oxygen atoms in total. The number of rotatable bonds is 5. The number of hydrogen-bond donors (Lipinski definition) is 0. The van der Waals surface area contributed by atoms with Gasteiger partial charge in [0.25, 0.3) is 0 Å². The summed E-state index contributed by atoms with van der Waals surface area (Å²) < 4.78 is 13.4. The molecular formula is C25H18N2O3. The minimum absolute atomic E-state index is 0.0573. The van der Waals surface area contributed by atoms with Crippen LogP contribution in [0.3, 0.4) is 0 Å². The average molecular weight is 394 g/mol. The van der Waals surface area contributed by atoms with Gasteiger partial charge in [0.1, 0.15) is 24.2 Å². The van der Waals surface area contributed by atoms with Crippen molar-refractivity contribution >= 4 is 11.0 Å². The first-order chi connectivity index (χ1) is 14.8. The van der Waals surface area contributed by atoms with E-state index in [9.17, 15) is 4.79 Å². The maximum atomic E-state index is 12.8. The molecule has 30 heavy (non-hydrogen) atoms. The van der Waals surface area contributed by atoms with E-state index in [1.807, 2.05) is 71.5 Å². The Morgan fingerprint density at radius 2 is 1.70 bits per heavy atom. The Labute approximate surface area is 172 Å². The molecule has 5 aromatic rings. The third kappa shape index (κ3) is 3.49. The number of ether oxygens (including phenoxy) is 1. The van der Waals surface area contributed by atoms with Crippen LogP contribution in [0.4, 0.5) is 0 Å². The zero-order valence-corrected chi connectivity index (χ0v) is 16.1. The lowest BCUT2D eigenvalue weighted by atomic mass is 10.1. The molecule has 0 saturated heterocycles. The smallest absolute Gasteiger partial charge is 0.200 e. The summed E-state index contributed by atoms with van der Waals surface area (Å²) in [5, 5.41) is 4.90. The van der Waals surface area contributed by atoms with E-state index in [2.05, 4.69) is 5.10 Å². The molecule has 0 saturated carbocycles. The highest BCUT2D eigenvalue weighted by atomic mass is 16.5.